The van der Waals surface area contributed by atoms with Gasteiger partial charge in [0.15, 0.2) is 0 Å². The zero-order chi connectivity index (χ0) is 13.3. The SMILES string of the molecule is Cc1ccc(C)c(-c2c[nH]c(=O)c(C(=O)O)c2)c1. The van der Waals surface area contributed by atoms with Crippen LogP contribution in [0.15, 0.2) is 35.3 Å². The molecule has 1 aromatic carbocycles. The Bertz CT molecular complexity index is 671. The van der Waals surface area contributed by atoms with Crippen molar-refractivity contribution in [3.63, 3.8) is 0 Å². The third kappa shape index (κ3) is 2.18. The normalized spacial score (nSPS) is 10.3. The lowest BCUT2D eigenvalue weighted by molar-refractivity contribution is 0.0695. The van der Waals surface area contributed by atoms with Gasteiger partial charge in [-0.1, -0.05) is 23.8 Å². The molecule has 0 radical (unpaired) electrons. The molecule has 0 unspecified atom stereocenters. The van der Waals surface area contributed by atoms with Gasteiger partial charge >= 0.3 is 5.97 Å². The molecule has 92 valence electrons. The van der Waals surface area contributed by atoms with E-state index in [-0.39, 0.29) is 5.56 Å². The first-order valence-corrected chi connectivity index (χ1v) is 5.52. The molecule has 1 aromatic heterocycles. The quantitative estimate of drug-likeness (QED) is 0.850. The number of aromatic carboxylic acids is 1. The molecule has 0 aliphatic heterocycles. The maximum absolute atomic E-state index is 11.4. The number of aryl methyl sites for hydroxylation is 2. The van der Waals surface area contributed by atoms with Gasteiger partial charge in [0.05, 0.1) is 0 Å². The van der Waals surface area contributed by atoms with Crippen molar-refractivity contribution >= 4 is 5.97 Å². The first kappa shape index (κ1) is 12.1. The van der Waals surface area contributed by atoms with Crippen LogP contribution in [0.1, 0.15) is 21.5 Å². The van der Waals surface area contributed by atoms with E-state index in [9.17, 15) is 9.59 Å². The van der Waals surface area contributed by atoms with Crippen LogP contribution in [0.5, 0.6) is 0 Å². The summed E-state index contributed by atoms with van der Waals surface area (Å²) in [6.45, 7) is 3.91. The summed E-state index contributed by atoms with van der Waals surface area (Å²) in [5.74, 6) is -1.22. The number of nitrogens with one attached hydrogen (secondary N) is 1. The predicted octanol–water partition coefficient (Wildman–Crippen LogP) is 2.36. The fraction of sp³-hybridized carbons (Fsp3) is 0.143. The minimum Gasteiger partial charge on any atom is -0.477 e. The van der Waals surface area contributed by atoms with Crippen LogP contribution in [0.3, 0.4) is 0 Å². The molecule has 2 aromatic rings. The van der Waals surface area contributed by atoms with Crippen molar-refractivity contribution in [3.8, 4) is 11.1 Å². The van der Waals surface area contributed by atoms with Gasteiger partial charge in [0, 0.05) is 6.20 Å². The van der Waals surface area contributed by atoms with Gasteiger partial charge in [0.2, 0.25) is 0 Å². The summed E-state index contributed by atoms with van der Waals surface area (Å²) in [6.07, 6.45) is 1.54. The number of benzene rings is 1. The van der Waals surface area contributed by atoms with Gasteiger partial charge in [0.25, 0.3) is 5.56 Å². The van der Waals surface area contributed by atoms with Gasteiger partial charge in [-0.2, -0.15) is 0 Å². The van der Waals surface area contributed by atoms with Crippen molar-refractivity contribution in [1.82, 2.24) is 4.98 Å². The number of aromatic nitrogens is 1. The molecule has 0 saturated heterocycles. The van der Waals surface area contributed by atoms with Crippen LogP contribution < -0.4 is 5.56 Å². The van der Waals surface area contributed by atoms with Crippen molar-refractivity contribution < 1.29 is 9.90 Å². The number of pyridine rings is 1. The average Bonchev–Trinajstić information content (AvgIpc) is 2.33. The van der Waals surface area contributed by atoms with E-state index in [1.165, 1.54) is 12.3 Å². The minimum absolute atomic E-state index is 0.242. The van der Waals surface area contributed by atoms with Crippen molar-refractivity contribution in [2.45, 2.75) is 13.8 Å². The highest BCUT2D eigenvalue weighted by Crippen LogP contribution is 2.23. The monoisotopic (exact) mass is 243 g/mol. The summed E-state index contributed by atoms with van der Waals surface area (Å²) in [7, 11) is 0. The number of carboxylic acid groups (broad SMARTS) is 1. The number of hydrogen-bond donors (Lipinski definition) is 2. The summed E-state index contributed by atoms with van der Waals surface area (Å²) in [5, 5.41) is 8.94. The third-order valence-corrected chi connectivity index (χ3v) is 2.84. The van der Waals surface area contributed by atoms with E-state index in [0.29, 0.717) is 5.56 Å². The van der Waals surface area contributed by atoms with E-state index >= 15 is 0 Å². The summed E-state index contributed by atoms with van der Waals surface area (Å²) in [4.78, 5) is 24.8. The molecule has 4 heteroatoms. The Morgan fingerprint density at radius 1 is 1.22 bits per heavy atom. The smallest absolute Gasteiger partial charge is 0.341 e. The Morgan fingerprint density at radius 2 is 1.94 bits per heavy atom. The first-order valence-electron chi connectivity index (χ1n) is 5.52. The standard InChI is InChI=1S/C14H13NO3/c1-8-3-4-9(2)11(5-8)10-6-12(14(17)18)13(16)15-7-10/h3-7H,1-2H3,(H,15,16)(H,17,18). The highest BCUT2D eigenvalue weighted by Gasteiger charge is 2.11. The predicted molar refractivity (Wildman–Crippen MR) is 68.9 cm³/mol. The van der Waals surface area contributed by atoms with E-state index in [1.807, 2.05) is 32.0 Å². The van der Waals surface area contributed by atoms with E-state index in [4.69, 9.17) is 5.11 Å². The first-order chi connectivity index (χ1) is 8.49. The molecule has 0 aliphatic carbocycles. The van der Waals surface area contributed by atoms with Gasteiger partial charge < -0.3 is 10.1 Å². The van der Waals surface area contributed by atoms with E-state index in [2.05, 4.69) is 4.98 Å². The van der Waals surface area contributed by atoms with Crippen molar-refractivity contribution in [2.75, 3.05) is 0 Å². The lowest BCUT2D eigenvalue weighted by Gasteiger charge is -2.07. The fourth-order valence-electron chi connectivity index (χ4n) is 1.84. The second-order valence-electron chi connectivity index (χ2n) is 4.25. The molecule has 0 aliphatic rings. The number of hydrogen-bond acceptors (Lipinski definition) is 2. The highest BCUT2D eigenvalue weighted by molar-refractivity contribution is 5.89. The molecule has 2 rings (SSSR count). The molecule has 1 heterocycles. The van der Waals surface area contributed by atoms with Gasteiger partial charge in [-0.05, 0) is 36.6 Å². The van der Waals surface area contributed by atoms with Crippen LogP contribution >= 0.6 is 0 Å². The Morgan fingerprint density at radius 3 is 2.61 bits per heavy atom. The van der Waals surface area contributed by atoms with Crippen LogP contribution in [0, 0.1) is 13.8 Å². The number of H-pyrrole nitrogens is 1. The molecule has 0 saturated carbocycles. The molecule has 0 bridgehead atoms. The summed E-state index contributed by atoms with van der Waals surface area (Å²) in [6, 6.07) is 7.33. The molecular formula is C14H13NO3. The second kappa shape index (κ2) is 4.49. The third-order valence-electron chi connectivity index (χ3n) is 2.84. The number of rotatable bonds is 2. The number of carbonyl (C=O) groups is 1. The average molecular weight is 243 g/mol. The van der Waals surface area contributed by atoms with Crippen molar-refractivity contribution in [3.05, 3.63) is 57.5 Å². The molecule has 4 nitrogen and oxygen atoms in total. The Labute approximate surface area is 104 Å². The zero-order valence-electron chi connectivity index (χ0n) is 10.2. The Hall–Kier alpha value is -2.36. The summed E-state index contributed by atoms with van der Waals surface area (Å²) in [5.41, 5.74) is 2.91. The maximum Gasteiger partial charge on any atom is 0.341 e. The van der Waals surface area contributed by atoms with Crippen LogP contribution in [-0.2, 0) is 0 Å². The van der Waals surface area contributed by atoms with E-state index in [0.717, 1.165) is 16.7 Å². The Kier molecular flexibility index (Phi) is 3.02. The molecule has 0 fully saturated rings. The second-order valence-corrected chi connectivity index (χ2v) is 4.25. The molecule has 2 N–H and O–H groups in total. The van der Waals surface area contributed by atoms with Gasteiger partial charge in [-0.3, -0.25) is 4.79 Å². The van der Waals surface area contributed by atoms with Crippen molar-refractivity contribution in [1.29, 1.82) is 0 Å². The zero-order valence-corrected chi connectivity index (χ0v) is 10.2. The van der Waals surface area contributed by atoms with Gasteiger partial charge in [0.1, 0.15) is 5.56 Å². The van der Waals surface area contributed by atoms with Crippen LogP contribution in [-0.4, -0.2) is 16.1 Å². The summed E-state index contributed by atoms with van der Waals surface area (Å²) < 4.78 is 0. The lowest BCUT2D eigenvalue weighted by atomic mass is 9.99. The molecular weight excluding hydrogens is 230 g/mol. The highest BCUT2D eigenvalue weighted by atomic mass is 16.4. The van der Waals surface area contributed by atoms with Gasteiger partial charge in [-0.15, -0.1) is 0 Å². The molecule has 18 heavy (non-hydrogen) atoms. The summed E-state index contributed by atoms with van der Waals surface area (Å²) >= 11 is 0. The lowest BCUT2D eigenvalue weighted by Crippen LogP contribution is -2.16. The fourth-order valence-corrected chi connectivity index (χ4v) is 1.84. The van der Waals surface area contributed by atoms with Crippen molar-refractivity contribution in [2.24, 2.45) is 0 Å². The molecule has 0 atom stereocenters. The largest absolute Gasteiger partial charge is 0.477 e. The topological polar surface area (TPSA) is 70.2 Å². The maximum atomic E-state index is 11.4. The van der Waals surface area contributed by atoms with E-state index < -0.39 is 11.5 Å². The minimum atomic E-state index is -1.22. The molecule has 0 amide bonds. The van der Waals surface area contributed by atoms with E-state index in [1.54, 1.807) is 0 Å². The molecule has 0 spiro atoms. The van der Waals surface area contributed by atoms with Crippen LogP contribution in [0.2, 0.25) is 0 Å². The number of carboxylic acids is 1. The van der Waals surface area contributed by atoms with Gasteiger partial charge in [-0.25, -0.2) is 4.79 Å². The Balaban J connectivity index is 2.65. The van der Waals surface area contributed by atoms with Crippen LogP contribution in [0.25, 0.3) is 11.1 Å². The number of aromatic amines is 1. The van der Waals surface area contributed by atoms with Crippen LogP contribution in [0.4, 0.5) is 0 Å².